The average molecular weight is 902 g/mol. The van der Waals surface area contributed by atoms with Gasteiger partial charge in [-0.2, -0.15) is 4.72 Å². The van der Waals surface area contributed by atoms with Crippen LogP contribution in [-0.2, 0) is 31.6 Å². The van der Waals surface area contributed by atoms with Gasteiger partial charge >= 0.3 is 0 Å². The molecule has 316 valence electrons. The highest BCUT2D eigenvalue weighted by atomic mass is 79.9. The van der Waals surface area contributed by atoms with Gasteiger partial charge in [-0.05, 0) is 85.9 Å². The summed E-state index contributed by atoms with van der Waals surface area (Å²) in [5, 5.41) is 2.83. The zero-order valence-electron chi connectivity index (χ0n) is 34.9. The van der Waals surface area contributed by atoms with Crippen LogP contribution in [0.3, 0.4) is 0 Å². The Balaban J connectivity index is 1.23. The number of hydrogen-bond donors (Lipinski definition) is 2. The quantitative estimate of drug-likeness (QED) is 0.0933. The van der Waals surface area contributed by atoms with E-state index >= 15 is 0 Å². The molecule has 2 aromatic heterocycles. The summed E-state index contributed by atoms with van der Waals surface area (Å²) in [4.78, 5) is 38.5. The fourth-order valence-corrected chi connectivity index (χ4v) is 10.6. The number of rotatable bonds is 16. The zero-order chi connectivity index (χ0) is 43.0. The predicted octanol–water partition coefficient (Wildman–Crippen LogP) is 9.52. The van der Waals surface area contributed by atoms with Crippen LogP contribution in [0.4, 0.5) is 5.69 Å². The van der Waals surface area contributed by atoms with Crippen molar-refractivity contribution in [3.63, 3.8) is 0 Å². The molecule has 2 amide bonds. The van der Waals surface area contributed by atoms with Gasteiger partial charge in [0, 0.05) is 41.4 Å². The average Bonchev–Trinajstić information content (AvgIpc) is 3.66. The summed E-state index contributed by atoms with van der Waals surface area (Å²) in [5.74, 6) is -0.0767. The summed E-state index contributed by atoms with van der Waals surface area (Å²) >= 11 is 3.51. The number of hydrogen-bond acceptors (Lipinski definition) is 6. The summed E-state index contributed by atoms with van der Waals surface area (Å²) in [7, 11) is -4.40. The zero-order valence-corrected chi connectivity index (χ0v) is 37.3. The van der Waals surface area contributed by atoms with Gasteiger partial charge in [-0.15, -0.1) is 0 Å². The van der Waals surface area contributed by atoms with E-state index in [0.717, 1.165) is 47.3 Å². The first-order valence-electron chi connectivity index (χ1n) is 21.1. The van der Waals surface area contributed by atoms with Crippen molar-refractivity contribution < 1.29 is 18.0 Å². The molecule has 3 heterocycles. The van der Waals surface area contributed by atoms with E-state index in [-0.39, 0.29) is 35.2 Å². The second-order valence-electron chi connectivity index (χ2n) is 15.6. The first-order valence-corrected chi connectivity index (χ1v) is 23.4. The number of likely N-dealkylation sites (tertiary alicyclic amines) is 1. The minimum atomic E-state index is -4.40. The Labute approximate surface area is 368 Å². The number of imidazole rings is 1. The van der Waals surface area contributed by atoms with Gasteiger partial charge in [0.1, 0.15) is 16.5 Å². The van der Waals surface area contributed by atoms with Crippen molar-refractivity contribution in [2.45, 2.75) is 82.2 Å². The lowest BCUT2D eigenvalue weighted by Crippen LogP contribution is -2.50. The van der Waals surface area contributed by atoms with E-state index in [0.29, 0.717) is 47.6 Å². The maximum absolute atomic E-state index is 14.7. The van der Waals surface area contributed by atoms with Crippen LogP contribution in [0.25, 0.3) is 11.3 Å². The first kappa shape index (κ1) is 43.7. The van der Waals surface area contributed by atoms with Crippen molar-refractivity contribution in [2.24, 2.45) is 5.92 Å². The normalized spacial score (nSPS) is 14.1. The molecular weight excluding hydrogens is 849 g/mol. The van der Waals surface area contributed by atoms with Crippen molar-refractivity contribution in [3.8, 4) is 11.3 Å². The summed E-state index contributed by atoms with van der Waals surface area (Å²) < 4.78 is 34.9. The van der Waals surface area contributed by atoms with Crippen LogP contribution in [0.1, 0.15) is 80.5 Å². The Kier molecular flexibility index (Phi) is 14.0. The number of benzene rings is 4. The molecule has 2 N–H and O–H groups in total. The number of nitrogens with zero attached hydrogens (tertiary/aromatic N) is 4. The lowest BCUT2D eigenvalue weighted by Gasteiger charge is -2.38. The Hall–Kier alpha value is -5.43. The highest BCUT2D eigenvalue weighted by Crippen LogP contribution is 2.42. The number of carbonyl (C=O) groups is 2. The van der Waals surface area contributed by atoms with E-state index < -0.39 is 21.6 Å². The molecule has 7 rings (SSSR count). The number of halogens is 1. The van der Waals surface area contributed by atoms with Crippen LogP contribution >= 0.6 is 15.9 Å². The minimum Gasteiger partial charge on any atom is -0.341 e. The molecule has 61 heavy (non-hydrogen) atoms. The van der Waals surface area contributed by atoms with Crippen LogP contribution in [-0.4, -0.2) is 58.8 Å². The van der Waals surface area contributed by atoms with Gasteiger partial charge in [0.05, 0.1) is 23.4 Å². The van der Waals surface area contributed by atoms with E-state index in [1.165, 1.54) is 6.07 Å². The Morgan fingerprint density at radius 1 is 0.836 bits per heavy atom. The van der Waals surface area contributed by atoms with Gasteiger partial charge in [0.2, 0.25) is 21.8 Å². The fraction of sp³-hybridized carbons (Fsp3) is 0.306. The molecule has 0 radical (unpaired) electrons. The van der Waals surface area contributed by atoms with Crippen LogP contribution in [0, 0.1) is 12.8 Å². The molecule has 1 atom stereocenters. The lowest BCUT2D eigenvalue weighted by atomic mass is 9.76. The summed E-state index contributed by atoms with van der Waals surface area (Å²) in [6.45, 7) is 7.08. The van der Waals surface area contributed by atoms with E-state index in [2.05, 4.69) is 122 Å². The largest absolute Gasteiger partial charge is 0.341 e. The molecule has 0 unspecified atom stereocenters. The van der Waals surface area contributed by atoms with E-state index in [4.69, 9.17) is 4.98 Å². The Bertz CT molecular complexity index is 2430. The SMILES string of the molecule is CCC(=O)Nc1c(-c2ccccn2)cc(Br)cc1S(=O)(=O)N[C@@H](CCCc1ncn(C(c2ccccc2)(c2ccccc2)c2ccccc2)c1C)C(=O)N1CCC(CC)CC1. The molecule has 0 saturated carbocycles. The van der Waals surface area contributed by atoms with Gasteiger partial charge in [-0.1, -0.05) is 133 Å². The molecule has 1 fully saturated rings. The number of amides is 2. The smallest absolute Gasteiger partial charge is 0.243 e. The van der Waals surface area contributed by atoms with E-state index in [1.54, 1.807) is 42.3 Å². The van der Waals surface area contributed by atoms with Crippen molar-refractivity contribution in [1.82, 2.24) is 24.2 Å². The van der Waals surface area contributed by atoms with Crippen molar-refractivity contribution >= 4 is 43.5 Å². The van der Waals surface area contributed by atoms with Crippen molar-refractivity contribution in [3.05, 3.63) is 166 Å². The molecule has 10 nitrogen and oxygen atoms in total. The number of piperidine rings is 1. The van der Waals surface area contributed by atoms with Gasteiger partial charge in [-0.3, -0.25) is 14.6 Å². The third-order valence-corrected chi connectivity index (χ3v) is 13.9. The summed E-state index contributed by atoms with van der Waals surface area (Å²) in [6, 6.07) is 38.7. The van der Waals surface area contributed by atoms with Gasteiger partial charge in [-0.25, -0.2) is 13.4 Å². The van der Waals surface area contributed by atoms with Crippen molar-refractivity contribution in [2.75, 3.05) is 18.4 Å². The standard InChI is InChI=1S/C49H53BrN6O4S/c1-4-36-27-30-55(31-28-36)48(58)44(54-61(59,60)45-33-40(50)32-41(43-24-15-16-29-51-43)47(45)53-46(57)5-2)26-17-25-42-35(3)56(34-52-42)49(37-18-9-6-10-19-37,38-20-11-7-12-21-38)39-22-13-8-14-23-39/h6-16,18-24,29,32-34,36,44,54H,4-5,17,25-28,30-31H2,1-3H3,(H,53,57)/t44-/m0/s1. The van der Waals surface area contributed by atoms with Gasteiger partial charge in [0.25, 0.3) is 0 Å². The first-order chi connectivity index (χ1) is 29.6. The van der Waals surface area contributed by atoms with E-state index in [9.17, 15) is 18.0 Å². The molecule has 6 aromatic rings. The van der Waals surface area contributed by atoms with Crippen LogP contribution < -0.4 is 10.0 Å². The molecule has 0 bridgehead atoms. The molecule has 1 saturated heterocycles. The molecular formula is C49H53BrN6O4S. The summed E-state index contributed by atoms with van der Waals surface area (Å²) in [5.41, 5.74) is 5.38. The number of pyridine rings is 1. The monoisotopic (exact) mass is 900 g/mol. The van der Waals surface area contributed by atoms with E-state index in [1.807, 2.05) is 24.5 Å². The maximum Gasteiger partial charge on any atom is 0.243 e. The third kappa shape index (κ3) is 9.41. The number of sulfonamides is 1. The number of anilines is 1. The molecule has 0 aliphatic carbocycles. The highest BCUT2D eigenvalue weighted by Gasteiger charge is 2.40. The fourth-order valence-electron chi connectivity index (χ4n) is 8.60. The van der Waals surface area contributed by atoms with Crippen molar-refractivity contribution in [1.29, 1.82) is 0 Å². The highest BCUT2D eigenvalue weighted by molar-refractivity contribution is 9.10. The lowest BCUT2D eigenvalue weighted by molar-refractivity contribution is -0.134. The van der Waals surface area contributed by atoms with Crippen LogP contribution in [0.15, 0.2) is 143 Å². The predicted molar refractivity (Wildman–Crippen MR) is 245 cm³/mol. The Morgan fingerprint density at radius 3 is 1.97 bits per heavy atom. The maximum atomic E-state index is 14.7. The second-order valence-corrected chi connectivity index (χ2v) is 18.2. The molecule has 4 aromatic carbocycles. The molecule has 0 spiro atoms. The molecule has 1 aliphatic rings. The molecule has 1 aliphatic heterocycles. The second kappa shape index (κ2) is 19.5. The van der Waals surface area contributed by atoms with Gasteiger partial charge < -0.3 is 14.8 Å². The number of aromatic nitrogens is 3. The third-order valence-electron chi connectivity index (χ3n) is 11.9. The topological polar surface area (TPSA) is 126 Å². The minimum absolute atomic E-state index is 0.108. The number of aryl methyl sites for hydroxylation is 1. The van der Waals surface area contributed by atoms with Crippen LogP contribution in [0.2, 0.25) is 0 Å². The number of carbonyl (C=O) groups excluding carboxylic acids is 2. The Morgan fingerprint density at radius 2 is 1.43 bits per heavy atom. The molecule has 12 heteroatoms. The summed E-state index contributed by atoms with van der Waals surface area (Å²) in [6.07, 6.45) is 7.66. The van der Waals surface area contributed by atoms with Gasteiger partial charge in [0.15, 0.2) is 0 Å². The number of nitrogens with one attached hydrogen (secondary N) is 2. The van der Waals surface area contributed by atoms with Crippen LogP contribution in [0.5, 0.6) is 0 Å².